The second-order valence-corrected chi connectivity index (χ2v) is 7.99. The number of piperidine rings is 1. The summed E-state index contributed by atoms with van der Waals surface area (Å²) in [7, 11) is 2.19. The molecule has 2 aliphatic rings. The van der Waals surface area contributed by atoms with Gasteiger partial charge in [-0.1, -0.05) is 30.3 Å². The Bertz CT molecular complexity index is 1010. The van der Waals surface area contributed by atoms with Crippen LogP contribution in [0.5, 0.6) is 0 Å². The summed E-state index contributed by atoms with van der Waals surface area (Å²) in [4.78, 5) is 20.4. The van der Waals surface area contributed by atoms with E-state index in [1.807, 2.05) is 28.8 Å². The normalized spacial score (nSPS) is 21.1. The average molecular weight is 362 g/mol. The number of imidazole rings is 1. The molecule has 1 N–H and O–H groups in total. The monoisotopic (exact) mass is 362 g/mol. The predicted octanol–water partition coefficient (Wildman–Crippen LogP) is 3.20. The van der Waals surface area contributed by atoms with Gasteiger partial charge in [0.2, 0.25) is 0 Å². The zero-order valence-electron chi connectivity index (χ0n) is 15.8. The van der Waals surface area contributed by atoms with E-state index < -0.39 is 0 Å². The fourth-order valence-corrected chi connectivity index (χ4v) is 4.97. The molecule has 2 aliphatic heterocycles. The molecule has 0 spiro atoms. The summed E-state index contributed by atoms with van der Waals surface area (Å²) in [5.74, 6) is 0.582. The first kappa shape index (κ1) is 16.6. The summed E-state index contributed by atoms with van der Waals surface area (Å²) in [6.45, 7) is 4.32. The lowest BCUT2D eigenvalue weighted by Gasteiger charge is -2.34. The number of rotatable bonds is 3. The maximum Gasteiger partial charge on any atom is 0.326 e. The molecule has 5 heteroatoms. The zero-order chi connectivity index (χ0) is 18.4. The molecule has 1 atom stereocenters. The van der Waals surface area contributed by atoms with Crippen LogP contribution < -0.4 is 10.6 Å². The first-order valence-electron chi connectivity index (χ1n) is 9.92. The number of benzene rings is 2. The highest BCUT2D eigenvalue weighted by atomic mass is 16.1. The summed E-state index contributed by atoms with van der Waals surface area (Å²) in [6.07, 6.45) is 2.07. The summed E-state index contributed by atoms with van der Waals surface area (Å²) in [6, 6.07) is 17.1. The van der Waals surface area contributed by atoms with Crippen molar-refractivity contribution in [1.82, 2.24) is 14.5 Å². The van der Waals surface area contributed by atoms with Crippen molar-refractivity contribution >= 4 is 16.7 Å². The van der Waals surface area contributed by atoms with Crippen LogP contribution in [0.3, 0.4) is 0 Å². The summed E-state index contributed by atoms with van der Waals surface area (Å²) >= 11 is 0. The van der Waals surface area contributed by atoms with Crippen LogP contribution in [0.4, 0.5) is 5.69 Å². The molecule has 3 heterocycles. The molecule has 1 unspecified atom stereocenters. The van der Waals surface area contributed by atoms with Crippen molar-refractivity contribution in [3.05, 3.63) is 64.6 Å². The quantitative estimate of drug-likeness (QED) is 0.778. The van der Waals surface area contributed by atoms with Crippen molar-refractivity contribution < 1.29 is 0 Å². The third-order valence-corrected chi connectivity index (χ3v) is 6.31. The highest BCUT2D eigenvalue weighted by Gasteiger charge is 2.30. The number of likely N-dealkylation sites (N-methyl/N-ethyl adjacent to an activating group) is 1. The Balaban J connectivity index is 1.29. The minimum absolute atomic E-state index is 0.0287. The number of aromatic amines is 1. The molecule has 5 rings (SSSR count). The molecule has 3 aromatic rings. The second kappa shape index (κ2) is 6.57. The molecule has 1 saturated heterocycles. The number of nitrogens with one attached hydrogen (secondary N) is 1. The Morgan fingerprint density at radius 3 is 2.63 bits per heavy atom. The van der Waals surface area contributed by atoms with Crippen molar-refractivity contribution in [1.29, 1.82) is 0 Å². The van der Waals surface area contributed by atoms with E-state index in [2.05, 4.69) is 46.1 Å². The van der Waals surface area contributed by atoms with E-state index in [0.717, 1.165) is 50.1 Å². The van der Waals surface area contributed by atoms with Gasteiger partial charge in [0.15, 0.2) is 0 Å². The molecular weight excluding hydrogens is 336 g/mol. The summed E-state index contributed by atoms with van der Waals surface area (Å²) in [5, 5.41) is 0. The zero-order valence-corrected chi connectivity index (χ0v) is 15.8. The molecular formula is C22H26N4O. The predicted molar refractivity (Wildman–Crippen MR) is 110 cm³/mol. The van der Waals surface area contributed by atoms with Crippen LogP contribution in [0.25, 0.3) is 11.0 Å². The number of fused-ring (bicyclic) bond motifs is 2. The van der Waals surface area contributed by atoms with Crippen molar-refractivity contribution in [2.75, 3.05) is 38.1 Å². The van der Waals surface area contributed by atoms with Crippen molar-refractivity contribution in [3.63, 3.8) is 0 Å². The van der Waals surface area contributed by atoms with Gasteiger partial charge in [-0.25, -0.2) is 4.79 Å². The number of H-pyrrole nitrogens is 1. The van der Waals surface area contributed by atoms with E-state index in [9.17, 15) is 4.79 Å². The first-order chi connectivity index (χ1) is 13.2. The van der Waals surface area contributed by atoms with Crippen molar-refractivity contribution in [2.45, 2.75) is 24.8 Å². The van der Waals surface area contributed by atoms with Crippen LogP contribution in [0.1, 0.15) is 30.4 Å². The molecule has 1 aromatic heterocycles. The van der Waals surface area contributed by atoms with Gasteiger partial charge in [-0.15, -0.1) is 0 Å². The molecule has 5 nitrogen and oxygen atoms in total. The number of hydrogen-bond donors (Lipinski definition) is 1. The number of para-hydroxylation sites is 3. The highest BCUT2D eigenvalue weighted by molar-refractivity contribution is 5.75. The minimum Gasteiger partial charge on any atom is -0.374 e. The highest BCUT2D eigenvalue weighted by Crippen LogP contribution is 2.36. The molecule has 0 saturated carbocycles. The molecule has 1 fully saturated rings. The molecule has 0 bridgehead atoms. The van der Waals surface area contributed by atoms with Gasteiger partial charge in [-0.3, -0.25) is 4.57 Å². The van der Waals surface area contributed by atoms with E-state index in [4.69, 9.17) is 0 Å². The van der Waals surface area contributed by atoms with Crippen molar-refractivity contribution in [3.8, 4) is 0 Å². The lowest BCUT2D eigenvalue weighted by Crippen LogP contribution is -2.39. The number of aromatic nitrogens is 2. The maximum absolute atomic E-state index is 12.5. The minimum atomic E-state index is 0.0287. The van der Waals surface area contributed by atoms with E-state index in [-0.39, 0.29) is 5.69 Å². The average Bonchev–Trinajstić information content (AvgIpc) is 3.19. The van der Waals surface area contributed by atoms with Crippen LogP contribution in [0.2, 0.25) is 0 Å². The standard InChI is InChI=1S/C22H26N4O/c1-24-14-16(18-6-2-4-8-20(18)24)15-25-12-10-17(11-13-25)26-21-9-5-3-7-19(21)23-22(26)27/h2-9,16-17H,10-15H2,1H3,(H,23,27). The molecule has 27 heavy (non-hydrogen) atoms. The fourth-order valence-electron chi connectivity index (χ4n) is 4.97. The van der Waals surface area contributed by atoms with Gasteiger partial charge in [0.25, 0.3) is 0 Å². The lowest BCUT2D eigenvalue weighted by atomic mass is 9.98. The van der Waals surface area contributed by atoms with Gasteiger partial charge in [-0.05, 0) is 36.6 Å². The Labute approximate surface area is 159 Å². The number of nitrogens with zero attached hydrogens (tertiary/aromatic N) is 3. The smallest absolute Gasteiger partial charge is 0.326 e. The Hall–Kier alpha value is -2.53. The summed E-state index contributed by atoms with van der Waals surface area (Å²) in [5.41, 5.74) is 4.86. The third kappa shape index (κ3) is 2.86. The van der Waals surface area contributed by atoms with Crippen LogP contribution in [0, 0.1) is 0 Å². The number of anilines is 1. The van der Waals surface area contributed by atoms with Gasteiger partial charge >= 0.3 is 5.69 Å². The third-order valence-electron chi connectivity index (χ3n) is 6.31. The van der Waals surface area contributed by atoms with E-state index in [0.29, 0.717) is 12.0 Å². The molecule has 0 radical (unpaired) electrons. The number of likely N-dealkylation sites (tertiary alicyclic amines) is 1. The Morgan fingerprint density at radius 2 is 1.78 bits per heavy atom. The SMILES string of the molecule is CN1CC(CN2CCC(n3c(=O)[nH]c4ccccc43)CC2)c2ccccc21. The molecule has 140 valence electrons. The van der Waals surface area contributed by atoms with Gasteiger partial charge in [0.1, 0.15) is 0 Å². The number of hydrogen-bond acceptors (Lipinski definition) is 3. The topological polar surface area (TPSA) is 44.3 Å². The van der Waals surface area contributed by atoms with Crippen LogP contribution in [0.15, 0.2) is 53.3 Å². The maximum atomic E-state index is 12.5. The van der Waals surface area contributed by atoms with Crippen LogP contribution >= 0.6 is 0 Å². The second-order valence-electron chi connectivity index (χ2n) is 7.99. The fraction of sp³-hybridized carbons (Fsp3) is 0.409. The van der Waals surface area contributed by atoms with Gasteiger partial charge in [-0.2, -0.15) is 0 Å². The lowest BCUT2D eigenvalue weighted by molar-refractivity contribution is 0.179. The van der Waals surface area contributed by atoms with Crippen molar-refractivity contribution in [2.24, 2.45) is 0 Å². The molecule has 0 amide bonds. The molecule has 2 aromatic carbocycles. The largest absolute Gasteiger partial charge is 0.374 e. The van der Waals surface area contributed by atoms with Crippen LogP contribution in [-0.2, 0) is 0 Å². The molecule has 0 aliphatic carbocycles. The first-order valence-corrected chi connectivity index (χ1v) is 9.92. The van der Waals surface area contributed by atoms with Crippen LogP contribution in [-0.4, -0.2) is 47.7 Å². The van der Waals surface area contributed by atoms with E-state index >= 15 is 0 Å². The Morgan fingerprint density at radius 1 is 1.04 bits per heavy atom. The Kier molecular flexibility index (Phi) is 4.05. The van der Waals surface area contributed by atoms with Gasteiger partial charge in [0, 0.05) is 50.9 Å². The summed E-state index contributed by atoms with van der Waals surface area (Å²) < 4.78 is 1.98. The van der Waals surface area contributed by atoms with E-state index in [1.54, 1.807) is 0 Å². The van der Waals surface area contributed by atoms with Gasteiger partial charge < -0.3 is 14.8 Å². The van der Waals surface area contributed by atoms with Gasteiger partial charge in [0.05, 0.1) is 11.0 Å². The van der Waals surface area contributed by atoms with E-state index in [1.165, 1.54) is 11.3 Å².